The van der Waals surface area contributed by atoms with Crippen molar-refractivity contribution < 1.29 is 35.6 Å². The number of aryl methyl sites for hydroxylation is 1. The summed E-state index contributed by atoms with van der Waals surface area (Å²) in [7, 11) is -4.55. The molecule has 2 amide bonds. The molecule has 0 aliphatic rings. The van der Waals surface area contributed by atoms with Crippen LogP contribution in [-0.4, -0.2) is 43.3 Å². The SMILES string of the molecule is CC[C@@H](C(=O)NC(C)(C)C)N(Cc1ccc(F)cc1)C(=O)CN(c1cccc(C(F)(F)F)c1)S(=O)(=O)c1ccc(C)cc1. The summed E-state index contributed by atoms with van der Waals surface area (Å²) in [6.45, 7) is 7.60. The lowest BCUT2D eigenvalue weighted by molar-refractivity contribution is -0.141. The first-order chi connectivity index (χ1) is 19.9. The van der Waals surface area contributed by atoms with Crippen molar-refractivity contribution in [3.63, 3.8) is 0 Å². The molecule has 0 saturated carbocycles. The summed E-state index contributed by atoms with van der Waals surface area (Å²) < 4.78 is 82.8. The van der Waals surface area contributed by atoms with Gasteiger partial charge in [-0.1, -0.05) is 42.8 Å². The quantitative estimate of drug-likeness (QED) is 0.279. The molecule has 0 heterocycles. The predicted octanol–water partition coefficient (Wildman–Crippen LogP) is 6.07. The monoisotopic (exact) mass is 621 g/mol. The molecule has 0 spiro atoms. The molecule has 0 unspecified atom stereocenters. The van der Waals surface area contributed by atoms with Crippen LogP contribution in [0.5, 0.6) is 0 Å². The first-order valence-corrected chi connectivity index (χ1v) is 15.0. The number of anilines is 1. The average molecular weight is 622 g/mol. The third-order valence-corrected chi connectivity index (χ3v) is 8.29. The van der Waals surface area contributed by atoms with Gasteiger partial charge < -0.3 is 10.2 Å². The number of nitrogens with one attached hydrogen (secondary N) is 1. The normalized spacial score (nSPS) is 12.9. The zero-order valence-electron chi connectivity index (χ0n) is 24.6. The zero-order valence-corrected chi connectivity index (χ0v) is 25.4. The van der Waals surface area contributed by atoms with E-state index in [0.29, 0.717) is 15.9 Å². The summed E-state index contributed by atoms with van der Waals surface area (Å²) in [6.07, 6.45) is -4.63. The number of nitrogens with zero attached hydrogens (tertiary/aromatic N) is 2. The summed E-state index contributed by atoms with van der Waals surface area (Å²) in [6, 6.07) is 13.5. The molecule has 12 heteroatoms. The van der Waals surface area contributed by atoms with E-state index in [2.05, 4.69) is 5.32 Å². The van der Waals surface area contributed by atoms with E-state index in [0.717, 1.165) is 17.7 Å². The number of alkyl halides is 3. The Hall–Kier alpha value is -3.93. The van der Waals surface area contributed by atoms with Gasteiger partial charge in [-0.25, -0.2) is 12.8 Å². The van der Waals surface area contributed by atoms with Crippen molar-refractivity contribution in [1.82, 2.24) is 10.2 Å². The van der Waals surface area contributed by atoms with Crippen molar-refractivity contribution in [1.29, 1.82) is 0 Å². The van der Waals surface area contributed by atoms with Crippen molar-refractivity contribution in [2.45, 2.75) is 70.2 Å². The standard InChI is InChI=1S/C31H35F4N3O4S/c1-6-27(29(40)36-30(3,4)5)37(19-22-12-14-24(32)15-13-22)28(39)20-38(25-9-7-8-23(18-25)31(33,34)35)43(41,42)26-16-10-21(2)11-17-26/h7-18,27H,6,19-20H2,1-5H3,(H,36,40)/t27-/m0/s1. The summed E-state index contributed by atoms with van der Waals surface area (Å²) in [5.74, 6) is -1.86. The van der Waals surface area contributed by atoms with Crippen LogP contribution < -0.4 is 9.62 Å². The fraction of sp³-hybridized carbons (Fsp3) is 0.355. The lowest BCUT2D eigenvalue weighted by Crippen LogP contribution is -2.55. The molecular weight excluding hydrogens is 586 g/mol. The van der Waals surface area contributed by atoms with Crippen molar-refractivity contribution >= 4 is 27.5 Å². The van der Waals surface area contributed by atoms with Gasteiger partial charge in [-0.3, -0.25) is 13.9 Å². The van der Waals surface area contributed by atoms with Crippen molar-refractivity contribution in [2.75, 3.05) is 10.8 Å². The third-order valence-electron chi connectivity index (χ3n) is 6.50. The number of carbonyl (C=O) groups is 2. The number of hydrogen-bond donors (Lipinski definition) is 1. The van der Waals surface area contributed by atoms with Crippen LogP contribution in [0.25, 0.3) is 0 Å². The molecule has 43 heavy (non-hydrogen) atoms. The minimum Gasteiger partial charge on any atom is -0.350 e. The Bertz CT molecular complexity index is 1530. The van der Waals surface area contributed by atoms with E-state index in [1.165, 1.54) is 59.5 Å². The van der Waals surface area contributed by atoms with E-state index in [4.69, 9.17) is 0 Å². The highest BCUT2D eigenvalue weighted by Crippen LogP contribution is 2.33. The first-order valence-electron chi connectivity index (χ1n) is 13.5. The molecule has 0 aromatic heterocycles. The summed E-state index contributed by atoms with van der Waals surface area (Å²) >= 11 is 0. The highest BCUT2D eigenvalue weighted by atomic mass is 32.2. The molecule has 3 rings (SSSR count). The van der Waals surface area contributed by atoms with Gasteiger partial charge in [0.05, 0.1) is 16.1 Å². The molecule has 0 saturated heterocycles. The van der Waals surface area contributed by atoms with Crippen molar-refractivity contribution in [3.8, 4) is 0 Å². The third kappa shape index (κ3) is 8.79. The van der Waals surface area contributed by atoms with E-state index in [-0.39, 0.29) is 23.5 Å². The minimum atomic E-state index is -4.77. The van der Waals surface area contributed by atoms with Crippen LogP contribution in [0.4, 0.5) is 23.2 Å². The van der Waals surface area contributed by atoms with E-state index >= 15 is 0 Å². The van der Waals surface area contributed by atoms with Crippen molar-refractivity contribution in [3.05, 3.63) is 95.3 Å². The number of rotatable bonds is 10. The number of amides is 2. The summed E-state index contributed by atoms with van der Waals surface area (Å²) in [5.41, 5.74) is -0.919. The van der Waals surface area contributed by atoms with Gasteiger partial charge in [0.15, 0.2) is 0 Å². The summed E-state index contributed by atoms with van der Waals surface area (Å²) in [5, 5.41) is 2.82. The Balaban J connectivity index is 2.13. The van der Waals surface area contributed by atoms with Gasteiger partial charge in [-0.05, 0) is 82.1 Å². The average Bonchev–Trinajstić information content (AvgIpc) is 2.91. The number of benzene rings is 3. The van der Waals surface area contributed by atoms with Crippen LogP contribution in [0.15, 0.2) is 77.7 Å². The highest BCUT2D eigenvalue weighted by molar-refractivity contribution is 7.92. The van der Waals surface area contributed by atoms with Gasteiger partial charge in [0.2, 0.25) is 11.8 Å². The van der Waals surface area contributed by atoms with Gasteiger partial charge in [0.1, 0.15) is 18.4 Å². The Morgan fingerprint density at radius 1 is 0.930 bits per heavy atom. The summed E-state index contributed by atoms with van der Waals surface area (Å²) in [4.78, 5) is 28.3. The maximum atomic E-state index is 14.0. The largest absolute Gasteiger partial charge is 0.416 e. The van der Waals surface area contributed by atoms with E-state index in [1.54, 1.807) is 34.6 Å². The fourth-order valence-corrected chi connectivity index (χ4v) is 5.77. The molecule has 3 aromatic carbocycles. The van der Waals surface area contributed by atoms with E-state index in [9.17, 15) is 35.6 Å². The van der Waals surface area contributed by atoms with Gasteiger partial charge in [0.25, 0.3) is 10.0 Å². The van der Waals surface area contributed by atoms with Crippen LogP contribution in [0, 0.1) is 12.7 Å². The molecule has 7 nitrogen and oxygen atoms in total. The van der Waals surface area contributed by atoms with Crippen LogP contribution in [0.1, 0.15) is 50.8 Å². The molecule has 0 fully saturated rings. The smallest absolute Gasteiger partial charge is 0.350 e. The molecule has 0 bridgehead atoms. The molecular formula is C31H35F4N3O4S. The molecule has 1 N–H and O–H groups in total. The predicted molar refractivity (Wildman–Crippen MR) is 156 cm³/mol. The molecule has 3 aromatic rings. The van der Waals surface area contributed by atoms with Crippen molar-refractivity contribution in [2.24, 2.45) is 0 Å². The van der Waals surface area contributed by atoms with Gasteiger partial charge >= 0.3 is 6.18 Å². The van der Waals surface area contributed by atoms with Gasteiger partial charge in [-0.2, -0.15) is 13.2 Å². The minimum absolute atomic E-state index is 0.142. The fourth-order valence-electron chi connectivity index (χ4n) is 4.36. The maximum Gasteiger partial charge on any atom is 0.416 e. The van der Waals surface area contributed by atoms with E-state index < -0.39 is 57.5 Å². The molecule has 0 aliphatic carbocycles. The second-order valence-corrected chi connectivity index (χ2v) is 13.0. The number of hydrogen-bond acceptors (Lipinski definition) is 4. The second-order valence-electron chi connectivity index (χ2n) is 11.2. The Labute approximate surface area is 249 Å². The second kappa shape index (κ2) is 13.2. The van der Waals surface area contributed by atoms with Crippen LogP contribution in [-0.2, 0) is 32.3 Å². The number of halogens is 4. The van der Waals surface area contributed by atoms with Crippen LogP contribution >= 0.6 is 0 Å². The van der Waals surface area contributed by atoms with E-state index in [1.807, 2.05) is 0 Å². The Morgan fingerprint density at radius 2 is 1.53 bits per heavy atom. The maximum absolute atomic E-state index is 14.0. The number of carbonyl (C=O) groups excluding carboxylic acids is 2. The molecule has 232 valence electrons. The topological polar surface area (TPSA) is 86.8 Å². The lowest BCUT2D eigenvalue weighted by Gasteiger charge is -2.35. The number of sulfonamides is 1. The molecule has 0 radical (unpaired) electrons. The van der Waals surface area contributed by atoms with Crippen LogP contribution in [0.3, 0.4) is 0 Å². The van der Waals surface area contributed by atoms with Gasteiger partial charge in [0, 0.05) is 12.1 Å². The van der Waals surface area contributed by atoms with Crippen LogP contribution in [0.2, 0.25) is 0 Å². The first kappa shape index (κ1) is 33.6. The highest BCUT2D eigenvalue weighted by Gasteiger charge is 2.36. The Morgan fingerprint density at radius 3 is 2.07 bits per heavy atom. The molecule has 0 aliphatic heterocycles. The Kier molecular flexibility index (Phi) is 10.3. The van der Waals surface area contributed by atoms with Gasteiger partial charge in [-0.15, -0.1) is 0 Å². The lowest BCUT2D eigenvalue weighted by atomic mass is 10.1. The zero-order chi connectivity index (χ0) is 32.2. The molecule has 1 atom stereocenters.